The number of carbonyl (C=O) groups is 1. The van der Waals surface area contributed by atoms with Crippen molar-refractivity contribution in [1.29, 1.82) is 0 Å². The topological polar surface area (TPSA) is 66.4 Å². The van der Waals surface area contributed by atoms with Crippen molar-refractivity contribution in [3.8, 4) is 17.2 Å². The second-order valence-electron chi connectivity index (χ2n) is 7.02. The Balaban J connectivity index is 1.35. The number of rotatable bonds is 7. The van der Waals surface area contributed by atoms with Gasteiger partial charge in [0.05, 0.1) is 17.7 Å². The minimum Gasteiger partial charge on any atom is -0.491 e. The minimum atomic E-state index is -0.731. The Labute approximate surface area is 193 Å². The Kier molecular flexibility index (Phi) is 6.74. The van der Waals surface area contributed by atoms with E-state index in [1.807, 2.05) is 0 Å². The van der Waals surface area contributed by atoms with E-state index in [9.17, 15) is 13.6 Å². The molecule has 33 heavy (non-hydrogen) atoms. The van der Waals surface area contributed by atoms with Gasteiger partial charge < -0.3 is 18.9 Å². The Hall–Kier alpha value is -3.65. The van der Waals surface area contributed by atoms with Gasteiger partial charge in [-0.05, 0) is 54.6 Å². The molecule has 9 heteroatoms. The Bertz CT molecular complexity index is 1180. The summed E-state index contributed by atoms with van der Waals surface area (Å²) in [6, 6.07) is 14.5. The van der Waals surface area contributed by atoms with Gasteiger partial charge in [-0.1, -0.05) is 17.7 Å². The van der Waals surface area contributed by atoms with Crippen molar-refractivity contribution in [2.75, 3.05) is 20.3 Å². The van der Waals surface area contributed by atoms with E-state index < -0.39 is 23.6 Å². The van der Waals surface area contributed by atoms with Crippen molar-refractivity contribution in [1.82, 2.24) is 0 Å². The fourth-order valence-corrected chi connectivity index (χ4v) is 3.31. The van der Waals surface area contributed by atoms with Gasteiger partial charge in [-0.25, -0.2) is 18.6 Å². The molecule has 1 aliphatic heterocycles. The number of hydrogen-bond donors (Lipinski definition) is 0. The van der Waals surface area contributed by atoms with E-state index in [4.69, 9.17) is 25.8 Å². The molecule has 170 valence electrons. The van der Waals surface area contributed by atoms with Crippen molar-refractivity contribution in [3.63, 3.8) is 0 Å². The van der Waals surface area contributed by atoms with E-state index in [1.165, 1.54) is 19.2 Å². The van der Waals surface area contributed by atoms with Crippen molar-refractivity contribution < 1.29 is 32.5 Å². The van der Waals surface area contributed by atoms with E-state index in [2.05, 4.69) is 9.73 Å². The predicted octanol–water partition coefficient (Wildman–Crippen LogP) is 5.42. The van der Waals surface area contributed by atoms with E-state index >= 15 is 0 Å². The zero-order valence-electron chi connectivity index (χ0n) is 17.4. The summed E-state index contributed by atoms with van der Waals surface area (Å²) in [5.74, 6) is -0.587. The molecule has 3 aromatic carbocycles. The van der Waals surface area contributed by atoms with Crippen LogP contribution in [0, 0.1) is 11.6 Å². The average Bonchev–Trinajstić information content (AvgIpc) is 3.27. The molecular formula is C24H18ClF2NO5. The molecule has 0 radical (unpaired) electrons. The standard InChI is InChI=1S/C24H18ClF2NO5/c1-30-24(29)14-5-10-21(18(25)11-14)33-17-8-6-16(7-9-17)31-12-15-13-32-23(28-15)22-19(26)3-2-4-20(22)27/h2-11,15H,12-13H2,1H3. The highest BCUT2D eigenvalue weighted by Gasteiger charge is 2.25. The molecule has 0 spiro atoms. The summed E-state index contributed by atoms with van der Waals surface area (Å²) in [6.07, 6.45) is 0. The fourth-order valence-electron chi connectivity index (χ4n) is 3.09. The summed E-state index contributed by atoms with van der Waals surface area (Å²) >= 11 is 6.18. The highest BCUT2D eigenvalue weighted by atomic mass is 35.5. The van der Waals surface area contributed by atoms with Crippen LogP contribution in [0.3, 0.4) is 0 Å². The number of benzene rings is 3. The maximum atomic E-state index is 13.9. The lowest BCUT2D eigenvalue weighted by atomic mass is 10.2. The SMILES string of the molecule is COC(=O)c1ccc(Oc2ccc(OCC3COC(c4c(F)cccc4F)=N3)cc2)c(Cl)c1. The van der Waals surface area contributed by atoms with E-state index in [-0.39, 0.29) is 29.7 Å². The first-order valence-corrected chi connectivity index (χ1v) is 10.3. The zero-order chi connectivity index (χ0) is 23.4. The van der Waals surface area contributed by atoms with Crippen LogP contribution in [-0.2, 0) is 9.47 Å². The third-order valence-corrected chi connectivity index (χ3v) is 5.03. The highest BCUT2D eigenvalue weighted by Crippen LogP contribution is 2.31. The molecule has 0 bridgehead atoms. The molecule has 0 saturated heterocycles. The molecule has 3 aromatic rings. The second-order valence-corrected chi connectivity index (χ2v) is 7.42. The van der Waals surface area contributed by atoms with Crippen molar-refractivity contribution in [2.45, 2.75) is 6.04 Å². The Morgan fingerprint density at radius 3 is 2.45 bits per heavy atom. The largest absolute Gasteiger partial charge is 0.491 e. The third-order valence-electron chi connectivity index (χ3n) is 4.74. The second kappa shape index (κ2) is 9.87. The Morgan fingerprint density at radius 1 is 1.09 bits per heavy atom. The molecule has 1 heterocycles. The number of hydrogen-bond acceptors (Lipinski definition) is 6. The van der Waals surface area contributed by atoms with Gasteiger partial charge >= 0.3 is 5.97 Å². The quantitative estimate of drug-likeness (QED) is 0.428. The van der Waals surface area contributed by atoms with Crippen molar-refractivity contribution in [2.24, 2.45) is 4.99 Å². The number of carbonyl (C=O) groups excluding carboxylic acids is 1. The Morgan fingerprint density at radius 2 is 1.79 bits per heavy atom. The van der Waals surface area contributed by atoms with E-state index in [0.29, 0.717) is 22.8 Å². The molecule has 6 nitrogen and oxygen atoms in total. The first-order chi connectivity index (χ1) is 15.9. The van der Waals surface area contributed by atoms with E-state index in [1.54, 1.807) is 36.4 Å². The number of ether oxygens (including phenoxy) is 4. The first kappa shape index (κ1) is 22.5. The molecule has 4 rings (SSSR count). The van der Waals surface area contributed by atoms with Crippen LogP contribution in [-0.4, -0.2) is 38.2 Å². The summed E-state index contributed by atoms with van der Waals surface area (Å²) in [5, 5.41) is 0.263. The van der Waals surface area contributed by atoms with Crippen LogP contribution in [0.2, 0.25) is 5.02 Å². The number of halogens is 3. The van der Waals surface area contributed by atoms with Gasteiger partial charge in [-0.3, -0.25) is 0 Å². The molecule has 1 aliphatic rings. The van der Waals surface area contributed by atoms with Gasteiger partial charge in [-0.15, -0.1) is 0 Å². The maximum absolute atomic E-state index is 13.9. The molecular weight excluding hydrogens is 456 g/mol. The molecule has 0 amide bonds. The molecule has 1 atom stereocenters. The summed E-state index contributed by atoms with van der Waals surface area (Å²) in [6.45, 7) is 0.324. The molecule has 0 aromatic heterocycles. The van der Waals surface area contributed by atoms with Crippen LogP contribution < -0.4 is 9.47 Å². The summed E-state index contributed by atoms with van der Waals surface area (Å²) < 4.78 is 49.3. The van der Waals surface area contributed by atoms with Gasteiger partial charge in [0.1, 0.15) is 53.7 Å². The number of aliphatic imine (C=N–C) groups is 1. The molecule has 0 fully saturated rings. The molecule has 0 N–H and O–H groups in total. The minimum absolute atomic E-state index is 0.0713. The van der Waals surface area contributed by atoms with Crippen LogP contribution in [0.25, 0.3) is 0 Å². The monoisotopic (exact) mass is 473 g/mol. The lowest BCUT2D eigenvalue weighted by Gasteiger charge is -2.11. The van der Waals surface area contributed by atoms with Crippen LogP contribution >= 0.6 is 11.6 Å². The number of esters is 1. The zero-order valence-corrected chi connectivity index (χ0v) is 18.1. The number of nitrogens with zero attached hydrogens (tertiary/aromatic N) is 1. The van der Waals surface area contributed by atoms with Gasteiger partial charge in [0, 0.05) is 0 Å². The van der Waals surface area contributed by atoms with Crippen molar-refractivity contribution >= 4 is 23.5 Å². The molecule has 0 saturated carbocycles. The normalized spacial score (nSPS) is 14.9. The highest BCUT2D eigenvalue weighted by molar-refractivity contribution is 6.32. The first-order valence-electron chi connectivity index (χ1n) is 9.88. The maximum Gasteiger partial charge on any atom is 0.337 e. The fraction of sp³-hybridized carbons (Fsp3) is 0.167. The van der Waals surface area contributed by atoms with E-state index in [0.717, 1.165) is 12.1 Å². The summed E-state index contributed by atoms with van der Waals surface area (Å²) in [4.78, 5) is 15.8. The van der Waals surface area contributed by atoms with Gasteiger partial charge in [0.15, 0.2) is 0 Å². The van der Waals surface area contributed by atoms with Gasteiger partial charge in [-0.2, -0.15) is 0 Å². The number of methoxy groups -OCH3 is 1. The molecule has 0 aliphatic carbocycles. The molecule has 1 unspecified atom stereocenters. The van der Waals surface area contributed by atoms with Crippen LogP contribution in [0.15, 0.2) is 65.7 Å². The van der Waals surface area contributed by atoms with Crippen LogP contribution in [0.1, 0.15) is 15.9 Å². The summed E-state index contributed by atoms with van der Waals surface area (Å²) in [7, 11) is 1.29. The van der Waals surface area contributed by atoms with Crippen LogP contribution in [0.4, 0.5) is 8.78 Å². The lowest BCUT2D eigenvalue weighted by Crippen LogP contribution is -2.16. The smallest absolute Gasteiger partial charge is 0.337 e. The van der Waals surface area contributed by atoms with Crippen molar-refractivity contribution in [3.05, 3.63) is 88.4 Å². The third kappa shape index (κ3) is 5.23. The van der Waals surface area contributed by atoms with Gasteiger partial charge in [0.2, 0.25) is 5.90 Å². The predicted molar refractivity (Wildman–Crippen MR) is 117 cm³/mol. The lowest BCUT2D eigenvalue weighted by molar-refractivity contribution is 0.0600. The summed E-state index contributed by atoms with van der Waals surface area (Å²) in [5.41, 5.74) is 0.0397. The average molecular weight is 474 g/mol. The van der Waals surface area contributed by atoms with Crippen LogP contribution in [0.5, 0.6) is 17.2 Å². The van der Waals surface area contributed by atoms with Gasteiger partial charge in [0.25, 0.3) is 0 Å².